The summed E-state index contributed by atoms with van der Waals surface area (Å²) in [5.74, 6) is -0.0751. The molecule has 110 valence electrons. The van der Waals surface area contributed by atoms with Crippen LogP contribution < -0.4 is 4.72 Å². The molecule has 0 unspecified atom stereocenters. The highest BCUT2D eigenvalue weighted by Crippen LogP contribution is 2.12. The van der Waals surface area contributed by atoms with Gasteiger partial charge in [-0.25, -0.2) is 22.5 Å². The number of halogens is 1. The Labute approximate surface area is 121 Å². The second kappa shape index (κ2) is 5.63. The van der Waals surface area contributed by atoms with E-state index < -0.39 is 15.8 Å². The molecule has 0 atom stereocenters. The van der Waals surface area contributed by atoms with Gasteiger partial charge in [0.2, 0.25) is 0 Å². The Morgan fingerprint density at radius 2 is 2.19 bits per heavy atom. The standard InChI is InChI=1S/C13H13FN4O2S/c1-9-17-13(8-18(9)2)21(19,20)16-7-11-4-3-10(6-15)5-12(11)14/h3-5,8,16H,7H2,1-2H3. The molecular weight excluding hydrogens is 295 g/mol. The number of aromatic nitrogens is 2. The van der Waals surface area contributed by atoms with Gasteiger partial charge in [-0.3, -0.25) is 0 Å². The average molecular weight is 308 g/mol. The first-order valence-electron chi connectivity index (χ1n) is 6.01. The van der Waals surface area contributed by atoms with E-state index >= 15 is 0 Å². The molecule has 1 aromatic heterocycles. The van der Waals surface area contributed by atoms with Crippen LogP contribution in [0.15, 0.2) is 29.4 Å². The Kier molecular flexibility index (Phi) is 4.06. The number of nitrogens with zero attached hydrogens (tertiary/aromatic N) is 3. The molecule has 0 aliphatic carbocycles. The van der Waals surface area contributed by atoms with E-state index in [1.165, 1.54) is 18.3 Å². The van der Waals surface area contributed by atoms with Gasteiger partial charge in [0.25, 0.3) is 10.0 Å². The van der Waals surface area contributed by atoms with E-state index in [0.29, 0.717) is 5.82 Å². The topological polar surface area (TPSA) is 87.8 Å². The Hall–Kier alpha value is -2.24. The molecule has 0 saturated carbocycles. The van der Waals surface area contributed by atoms with Gasteiger partial charge in [0.05, 0.1) is 11.6 Å². The zero-order valence-electron chi connectivity index (χ0n) is 11.5. The van der Waals surface area contributed by atoms with E-state index in [1.54, 1.807) is 18.5 Å². The molecule has 6 nitrogen and oxygen atoms in total. The summed E-state index contributed by atoms with van der Waals surface area (Å²) in [7, 11) is -2.12. The lowest BCUT2D eigenvalue weighted by Crippen LogP contribution is -2.24. The Morgan fingerprint density at radius 1 is 1.48 bits per heavy atom. The van der Waals surface area contributed by atoms with Crippen molar-refractivity contribution in [3.8, 4) is 6.07 Å². The van der Waals surface area contributed by atoms with Crippen molar-refractivity contribution >= 4 is 10.0 Å². The number of benzene rings is 1. The smallest absolute Gasteiger partial charge is 0.259 e. The summed E-state index contributed by atoms with van der Waals surface area (Å²) < 4.78 is 41.6. The van der Waals surface area contributed by atoms with Crippen LogP contribution in [0, 0.1) is 24.1 Å². The predicted octanol–water partition coefficient (Wildman–Crippen LogP) is 1.22. The highest BCUT2D eigenvalue weighted by atomic mass is 32.2. The minimum absolute atomic E-state index is 0.114. The second-order valence-electron chi connectivity index (χ2n) is 4.48. The molecule has 0 amide bonds. The number of nitrogens with one attached hydrogen (secondary N) is 1. The number of imidazole rings is 1. The van der Waals surface area contributed by atoms with Gasteiger partial charge in [-0.05, 0) is 19.1 Å². The molecule has 0 radical (unpaired) electrons. The lowest BCUT2D eigenvalue weighted by atomic mass is 10.1. The first kappa shape index (κ1) is 15.2. The van der Waals surface area contributed by atoms with E-state index in [4.69, 9.17) is 5.26 Å². The number of nitriles is 1. The summed E-state index contributed by atoms with van der Waals surface area (Å²) in [6, 6.07) is 5.68. The van der Waals surface area contributed by atoms with Gasteiger partial charge in [-0.15, -0.1) is 0 Å². The van der Waals surface area contributed by atoms with Gasteiger partial charge in [0, 0.05) is 25.4 Å². The van der Waals surface area contributed by atoms with Crippen LogP contribution in [0.2, 0.25) is 0 Å². The third-order valence-corrected chi connectivity index (χ3v) is 4.27. The van der Waals surface area contributed by atoms with Crippen molar-refractivity contribution < 1.29 is 12.8 Å². The molecule has 0 saturated heterocycles. The molecule has 21 heavy (non-hydrogen) atoms. The van der Waals surface area contributed by atoms with Crippen LogP contribution in [0.5, 0.6) is 0 Å². The van der Waals surface area contributed by atoms with Gasteiger partial charge in [0.15, 0.2) is 5.03 Å². The molecule has 2 aromatic rings. The fourth-order valence-electron chi connectivity index (χ4n) is 1.66. The molecule has 0 spiro atoms. The summed E-state index contributed by atoms with van der Waals surface area (Å²) in [6.45, 7) is 1.47. The maximum Gasteiger partial charge on any atom is 0.259 e. The monoisotopic (exact) mass is 308 g/mol. The maximum atomic E-state index is 13.7. The fraction of sp³-hybridized carbons (Fsp3) is 0.231. The average Bonchev–Trinajstić information content (AvgIpc) is 2.78. The largest absolute Gasteiger partial charge is 0.337 e. The molecular formula is C13H13FN4O2S. The van der Waals surface area contributed by atoms with Crippen LogP contribution >= 0.6 is 0 Å². The quantitative estimate of drug-likeness (QED) is 0.920. The third kappa shape index (κ3) is 3.26. The zero-order valence-corrected chi connectivity index (χ0v) is 12.3. The molecule has 1 N–H and O–H groups in total. The van der Waals surface area contributed by atoms with Gasteiger partial charge in [0.1, 0.15) is 11.6 Å². The SMILES string of the molecule is Cc1nc(S(=O)(=O)NCc2ccc(C#N)cc2F)cn1C. The minimum atomic E-state index is -3.81. The first-order valence-corrected chi connectivity index (χ1v) is 7.50. The number of hydrogen-bond donors (Lipinski definition) is 1. The maximum absolute atomic E-state index is 13.7. The van der Waals surface area contributed by atoms with Crippen molar-refractivity contribution in [1.29, 1.82) is 5.26 Å². The predicted molar refractivity (Wildman–Crippen MR) is 73.1 cm³/mol. The van der Waals surface area contributed by atoms with Crippen molar-refractivity contribution in [3.05, 3.63) is 47.2 Å². The van der Waals surface area contributed by atoms with Crippen molar-refractivity contribution in [2.45, 2.75) is 18.5 Å². The van der Waals surface area contributed by atoms with Gasteiger partial charge < -0.3 is 4.57 Å². The van der Waals surface area contributed by atoms with E-state index in [2.05, 4.69) is 9.71 Å². The highest BCUT2D eigenvalue weighted by Gasteiger charge is 2.18. The van der Waals surface area contributed by atoms with Crippen molar-refractivity contribution in [2.24, 2.45) is 7.05 Å². The van der Waals surface area contributed by atoms with Crippen LogP contribution in [0.4, 0.5) is 4.39 Å². The molecule has 0 aliphatic rings. The molecule has 0 fully saturated rings. The van der Waals surface area contributed by atoms with Gasteiger partial charge in [-0.1, -0.05) is 6.07 Å². The summed E-state index contributed by atoms with van der Waals surface area (Å²) in [5.41, 5.74) is 0.338. The van der Waals surface area contributed by atoms with E-state index in [-0.39, 0.29) is 22.7 Å². The number of sulfonamides is 1. The summed E-state index contributed by atoms with van der Waals surface area (Å²) in [6.07, 6.45) is 1.38. The van der Waals surface area contributed by atoms with E-state index in [1.807, 2.05) is 6.07 Å². The van der Waals surface area contributed by atoms with Gasteiger partial charge in [-0.2, -0.15) is 5.26 Å². The number of hydrogen-bond acceptors (Lipinski definition) is 4. The summed E-state index contributed by atoms with van der Waals surface area (Å²) in [4.78, 5) is 3.92. The summed E-state index contributed by atoms with van der Waals surface area (Å²) >= 11 is 0. The molecule has 1 aromatic carbocycles. The highest BCUT2D eigenvalue weighted by molar-refractivity contribution is 7.89. The van der Waals surface area contributed by atoms with Crippen LogP contribution in [-0.4, -0.2) is 18.0 Å². The van der Waals surface area contributed by atoms with Crippen LogP contribution in [0.25, 0.3) is 0 Å². The molecule has 1 heterocycles. The number of rotatable bonds is 4. The summed E-state index contributed by atoms with van der Waals surface area (Å²) in [5, 5.41) is 8.54. The third-order valence-electron chi connectivity index (χ3n) is 3.00. The van der Waals surface area contributed by atoms with Crippen molar-refractivity contribution in [2.75, 3.05) is 0 Å². The molecule has 8 heteroatoms. The molecule has 0 aliphatic heterocycles. The van der Waals surface area contributed by atoms with E-state index in [0.717, 1.165) is 6.07 Å². The van der Waals surface area contributed by atoms with Crippen molar-refractivity contribution in [1.82, 2.24) is 14.3 Å². The molecule has 0 bridgehead atoms. The number of aryl methyl sites for hydroxylation is 2. The fourth-order valence-corrected chi connectivity index (χ4v) is 2.71. The molecule has 2 rings (SSSR count). The van der Waals surface area contributed by atoms with Crippen LogP contribution in [-0.2, 0) is 23.6 Å². The van der Waals surface area contributed by atoms with E-state index in [9.17, 15) is 12.8 Å². The normalized spacial score (nSPS) is 11.3. The van der Waals surface area contributed by atoms with Crippen LogP contribution in [0.3, 0.4) is 0 Å². The minimum Gasteiger partial charge on any atom is -0.337 e. The Bertz CT molecular complexity index is 802. The second-order valence-corrected chi connectivity index (χ2v) is 6.19. The lowest BCUT2D eigenvalue weighted by molar-refractivity contribution is 0.571. The Balaban J connectivity index is 2.17. The lowest BCUT2D eigenvalue weighted by Gasteiger charge is -2.05. The van der Waals surface area contributed by atoms with Gasteiger partial charge >= 0.3 is 0 Å². The Morgan fingerprint density at radius 3 is 2.71 bits per heavy atom. The van der Waals surface area contributed by atoms with Crippen molar-refractivity contribution in [3.63, 3.8) is 0 Å². The van der Waals surface area contributed by atoms with Crippen LogP contribution in [0.1, 0.15) is 17.0 Å². The first-order chi connectivity index (χ1) is 9.83. The zero-order chi connectivity index (χ0) is 15.6.